The minimum Gasteiger partial charge on any atom is -0.463 e. The number of urea groups is 1. The van der Waals surface area contributed by atoms with Gasteiger partial charge < -0.3 is 10.1 Å². The summed E-state index contributed by atoms with van der Waals surface area (Å²) in [6.07, 6.45) is 2.05. The first-order valence-corrected chi connectivity index (χ1v) is 8.33. The van der Waals surface area contributed by atoms with E-state index in [4.69, 9.17) is 4.74 Å². The van der Waals surface area contributed by atoms with Crippen LogP contribution in [-0.2, 0) is 9.53 Å². The number of allylic oxidation sites excluding steroid dienone is 1. The number of carbonyl (C=O) groups excluding carboxylic acids is 2. The highest BCUT2D eigenvalue weighted by Crippen LogP contribution is 2.37. The lowest BCUT2D eigenvalue weighted by molar-refractivity contribution is -0.139. The van der Waals surface area contributed by atoms with E-state index in [1.54, 1.807) is 13.8 Å². The summed E-state index contributed by atoms with van der Waals surface area (Å²) in [6.45, 7) is 3.86. The fourth-order valence-corrected chi connectivity index (χ4v) is 3.04. The van der Waals surface area contributed by atoms with E-state index in [0.717, 1.165) is 25.0 Å². The van der Waals surface area contributed by atoms with Crippen LogP contribution >= 0.6 is 0 Å². The van der Waals surface area contributed by atoms with Gasteiger partial charge in [-0.05, 0) is 44.7 Å². The predicted octanol–water partition coefficient (Wildman–Crippen LogP) is 3.28. The standard InChI is InChI=1S/C18H20F2N2O3/c1-3-25-17(23)14-10(2)22(9-11-7-8-11)18(24)21-16(14)15-12(19)5-4-6-13(15)20/h4-6,11,16H,3,7-9H2,1-2H3,(H,21,24). The molecule has 25 heavy (non-hydrogen) atoms. The largest absolute Gasteiger partial charge is 0.463 e. The number of ether oxygens (including phenoxy) is 1. The smallest absolute Gasteiger partial charge is 0.338 e. The van der Waals surface area contributed by atoms with Crippen molar-refractivity contribution in [3.05, 3.63) is 46.7 Å². The highest BCUT2D eigenvalue weighted by molar-refractivity contribution is 5.95. The summed E-state index contributed by atoms with van der Waals surface area (Å²) in [6, 6.07) is 1.74. The van der Waals surface area contributed by atoms with E-state index in [1.165, 1.54) is 11.0 Å². The lowest BCUT2D eigenvalue weighted by Crippen LogP contribution is -2.49. The zero-order valence-electron chi connectivity index (χ0n) is 14.1. The third-order valence-corrected chi connectivity index (χ3v) is 4.52. The number of rotatable bonds is 5. The van der Waals surface area contributed by atoms with Crippen LogP contribution in [0.1, 0.15) is 38.3 Å². The molecule has 1 aromatic rings. The van der Waals surface area contributed by atoms with E-state index >= 15 is 0 Å². The van der Waals surface area contributed by atoms with Crippen molar-refractivity contribution < 1.29 is 23.1 Å². The van der Waals surface area contributed by atoms with Crippen LogP contribution in [0, 0.1) is 17.6 Å². The van der Waals surface area contributed by atoms with Crippen LogP contribution in [0.2, 0.25) is 0 Å². The van der Waals surface area contributed by atoms with Gasteiger partial charge in [0.25, 0.3) is 0 Å². The van der Waals surface area contributed by atoms with Crippen molar-refractivity contribution in [1.29, 1.82) is 0 Å². The number of hydrogen-bond acceptors (Lipinski definition) is 3. The van der Waals surface area contributed by atoms with Crippen LogP contribution in [-0.4, -0.2) is 30.1 Å². The molecule has 1 aromatic carbocycles. The first kappa shape index (κ1) is 17.4. The van der Waals surface area contributed by atoms with Gasteiger partial charge >= 0.3 is 12.0 Å². The van der Waals surface area contributed by atoms with Gasteiger partial charge in [0, 0.05) is 12.2 Å². The Morgan fingerprint density at radius 1 is 1.32 bits per heavy atom. The van der Waals surface area contributed by atoms with Crippen LogP contribution in [0.15, 0.2) is 29.5 Å². The molecule has 1 unspecified atom stereocenters. The molecule has 0 bridgehead atoms. The summed E-state index contributed by atoms with van der Waals surface area (Å²) < 4.78 is 33.6. The summed E-state index contributed by atoms with van der Waals surface area (Å²) in [4.78, 5) is 26.4. The molecule has 0 aromatic heterocycles. The minimum atomic E-state index is -1.22. The molecule has 1 heterocycles. The molecule has 1 saturated carbocycles. The highest BCUT2D eigenvalue weighted by atomic mass is 19.1. The van der Waals surface area contributed by atoms with Crippen molar-refractivity contribution in [1.82, 2.24) is 10.2 Å². The number of hydrogen-bond donors (Lipinski definition) is 1. The van der Waals surface area contributed by atoms with E-state index in [2.05, 4.69) is 5.32 Å². The maximum Gasteiger partial charge on any atom is 0.338 e. The summed E-state index contributed by atoms with van der Waals surface area (Å²) in [5, 5.41) is 2.57. The molecule has 1 aliphatic carbocycles. The van der Waals surface area contributed by atoms with Crippen molar-refractivity contribution >= 4 is 12.0 Å². The van der Waals surface area contributed by atoms with Gasteiger partial charge in [-0.2, -0.15) is 0 Å². The zero-order valence-corrected chi connectivity index (χ0v) is 14.1. The SMILES string of the molecule is CCOC(=O)C1=C(C)N(CC2CC2)C(=O)NC1c1c(F)cccc1F. The average Bonchev–Trinajstić information content (AvgIpc) is 3.35. The maximum absolute atomic E-state index is 14.2. The second-order valence-electron chi connectivity index (χ2n) is 6.29. The number of benzene rings is 1. The van der Waals surface area contributed by atoms with E-state index in [0.29, 0.717) is 18.2 Å². The fourth-order valence-electron chi connectivity index (χ4n) is 3.04. The molecule has 2 aliphatic rings. The number of halogens is 2. The second kappa shape index (κ2) is 6.82. The lowest BCUT2D eigenvalue weighted by atomic mass is 9.94. The first-order valence-electron chi connectivity index (χ1n) is 8.33. The molecule has 5 nitrogen and oxygen atoms in total. The third kappa shape index (κ3) is 3.36. The molecule has 7 heteroatoms. The Balaban J connectivity index is 2.08. The normalized spacial score (nSPS) is 20.6. The monoisotopic (exact) mass is 350 g/mol. The van der Waals surface area contributed by atoms with Crippen molar-refractivity contribution in [3.63, 3.8) is 0 Å². The molecular formula is C18H20F2N2O3. The number of nitrogens with zero attached hydrogens (tertiary/aromatic N) is 1. The summed E-state index contributed by atoms with van der Waals surface area (Å²) >= 11 is 0. The second-order valence-corrected chi connectivity index (χ2v) is 6.29. The van der Waals surface area contributed by atoms with Gasteiger partial charge in [0.2, 0.25) is 0 Å². The summed E-state index contributed by atoms with van der Waals surface area (Å²) in [7, 11) is 0. The average molecular weight is 350 g/mol. The molecule has 134 valence electrons. The summed E-state index contributed by atoms with van der Waals surface area (Å²) in [5.74, 6) is -1.94. The first-order chi connectivity index (χ1) is 11.9. The van der Waals surface area contributed by atoms with Crippen LogP contribution in [0.5, 0.6) is 0 Å². The highest BCUT2D eigenvalue weighted by Gasteiger charge is 2.40. The van der Waals surface area contributed by atoms with Gasteiger partial charge in [0.05, 0.1) is 23.8 Å². The Labute approximate surface area is 144 Å². The van der Waals surface area contributed by atoms with Gasteiger partial charge in [-0.1, -0.05) is 6.07 Å². The van der Waals surface area contributed by atoms with Crippen molar-refractivity contribution in [3.8, 4) is 0 Å². The zero-order chi connectivity index (χ0) is 18.1. The molecule has 0 radical (unpaired) electrons. The van der Waals surface area contributed by atoms with Gasteiger partial charge in [-0.15, -0.1) is 0 Å². The van der Waals surface area contributed by atoms with Crippen LogP contribution in [0.4, 0.5) is 13.6 Å². The van der Waals surface area contributed by atoms with Crippen molar-refractivity contribution in [2.45, 2.75) is 32.7 Å². The minimum absolute atomic E-state index is 0.0612. The Morgan fingerprint density at radius 2 is 1.96 bits per heavy atom. The third-order valence-electron chi connectivity index (χ3n) is 4.52. The fraction of sp³-hybridized carbons (Fsp3) is 0.444. The van der Waals surface area contributed by atoms with Gasteiger partial charge in [0.15, 0.2) is 0 Å². The van der Waals surface area contributed by atoms with Crippen molar-refractivity contribution in [2.75, 3.05) is 13.2 Å². The summed E-state index contributed by atoms with van der Waals surface area (Å²) in [5.41, 5.74) is 0.0807. The van der Waals surface area contributed by atoms with Crippen molar-refractivity contribution in [2.24, 2.45) is 5.92 Å². The molecule has 1 fully saturated rings. The van der Waals surface area contributed by atoms with E-state index in [1.807, 2.05) is 0 Å². The Hall–Kier alpha value is -2.44. The van der Waals surface area contributed by atoms with Crippen LogP contribution in [0.25, 0.3) is 0 Å². The Morgan fingerprint density at radius 3 is 2.52 bits per heavy atom. The molecule has 2 amide bonds. The number of amides is 2. The maximum atomic E-state index is 14.2. The van der Waals surface area contributed by atoms with Gasteiger partial charge in [-0.25, -0.2) is 18.4 Å². The molecule has 0 spiro atoms. The number of esters is 1. The van der Waals surface area contributed by atoms with Crippen LogP contribution in [0.3, 0.4) is 0 Å². The topological polar surface area (TPSA) is 58.6 Å². The molecular weight excluding hydrogens is 330 g/mol. The van der Waals surface area contributed by atoms with E-state index in [-0.39, 0.29) is 17.7 Å². The lowest BCUT2D eigenvalue weighted by Gasteiger charge is -2.35. The molecule has 1 N–H and O–H groups in total. The van der Waals surface area contributed by atoms with Gasteiger partial charge in [0.1, 0.15) is 11.6 Å². The van der Waals surface area contributed by atoms with Crippen LogP contribution < -0.4 is 5.32 Å². The molecule has 1 atom stereocenters. The number of nitrogens with one attached hydrogen (secondary N) is 1. The molecule has 0 saturated heterocycles. The van der Waals surface area contributed by atoms with Gasteiger partial charge in [-0.3, -0.25) is 4.90 Å². The number of carbonyl (C=O) groups is 2. The molecule has 3 rings (SSSR count). The molecule has 1 aliphatic heterocycles. The predicted molar refractivity (Wildman–Crippen MR) is 86.4 cm³/mol. The quantitative estimate of drug-likeness (QED) is 0.829. The Bertz CT molecular complexity index is 724. The Kier molecular flexibility index (Phi) is 4.74. The van der Waals surface area contributed by atoms with E-state index in [9.17, 15) is 18.4 Å². The van der Waals surface area contributed by atoms with E-state index < -0.39 is 29.7 Å².